The van der Waals surface area contributed by atoms with Crippen molar-refractivity contribution in [3.8, 4) is 11.3 Å². The summed E-state index contributed by atoms with van der Waals surface area (Å²) in [4.78, 5) is 25.7. The lowest BCUT2D eigenvalue weighted by Gasteiger charge is -2.32. The maximum absolute atomic E-state index is 12.8. The molecule has 1 saturated heterocycles. The zero-order valence-corrected chi connectivity index (χ0v) is 21.4. The maximum Gasteiger partial charge on any atom is 0.263 e. The molecule has 1 aromatic heterocycles. The topological polar surface area (TPSA) is 127 Å². The lowest BCUT2D eigenvalue weighted by molar-refractivity contribution is -0.127. The quantitative estimate of drug-likeness (QED) is 0.430. The van der Waals surface area contributed by atoms with E-state index in [0.29, 0.717) is 24.3 Å². The first kappa shape index (κ1) is 25.7. The van der Waals surface area contributed by atoms with Gasteiger partial charge in [0.25, 0.3) is 15.9 Å². The average molecular weight is 548 g/mol. The number of amides is 2. The number of rotatable bonds is 7. The number of benzene rings is 2. The van der Waals surface area contributed by atoms with E-state index in [0.717, 1.165) is 12.8 Å². The van der Waals surface area contributed by atoms with E-state index in [1.807, 2.05) is 0 Å². The molecule has 2 amide bonds. The number of nitrogens with one attached hydrogen (secondary N) is 1. The van der Waals surface area contributed by atoms with Gasteiger partial charge in [0.1, 0.15) is 10.6 Å². The SMILES string of the molecule is C=CC(=O)N1CCCC(n2cc(C(N)=O)c(-c3ccc(NS(=O)(=O)c4cccc(Cl)c4Cl)cc3)n2)C1. The predicted molar refractivity (Wildman–Crippen MR) is 138 cm³/mol. The fourth-order valence-electron chi connectivity index (χ4n) is 4.07. The highest BCUT2D eigenvalue weighted by molar-refractivity contribution is 7.92. The van der Waals surface area contributed by atoms with Crippen molar-refractivity contribution >= 4 is 50.7 Å². The first-order valence-corrected chi connectivity index (χ1v) is 13.2. The Labute approximate surface area is 218 Å². The smallest absolute Gasteiger partial charge is 0.263 e. The highest BCUT2D eigenvalue weighted by Crippen LogP contribution is 2.31. The standard InChI is InChI=1S/C24H23Cl2N5O4S/c1-2-21(32)30-12-4-5-17(13-30)31-14-18(24(27)33)23(28-31)15-8-10-16(11-9-15)29-36(34,35)20-7-3-6-19(25)22(20)26/h2-3,6-11,14,17,29H,1,4-5,12-13H2,(H2,27,33). The van der Waals surface area contributed by atoms with E-state index in [-0.39, 0.29) is 38.1 Å². The monoisotopic (exact) mass is 547 g/mol. The molecule has 1 fully saturated rings. The van der Waals surface area contributed by atoms with Crippen molar-refractivity contribution in [2.24, 2.45) is 5.73 Å². The minimum Gasteiger partial charge on any atom is -0.365 e. The number of primary amides is 1. The van der Waals surface area contributed by atoms with Gasteiger partial charge in [0.05, 0.1) is 21.7 Å². The zero-order chi connectivity index (χ0) is 26.0. The van der Waals surface area contributed by atoms with Crippen LogP contribution in [0.5, 0.6) is 0 Å². The molecule has 3 aromatic rings. The molecule has 0 bridgehead atoms. The third-order valence-electron chi connectivity index (χ3n) is 5.87. The summed E-state index contributed by atoms with van der Waals surface area (Å²) in [6, 6.07) is 10.6. The van der Waals surface area contributed by atoms with Crippen LogP contribution in [-0.2, 0) is 14.8 Å². The summed E-state index contributed by atoms with van der Waals surface area (Å²) in [5, 5.41) is 4.65. The van der Waals surface area contributed by atoms with Gasteiger partial charge in [0.15, 0.2) is 0 Å². The molecule has 188 valence electrons. The van der Waals surface area contributed by atoms with Gasteiger partial charge in [0.2, 0.25) is 5.91 Å². The number of nitrogens with zero attached hydrogens (tertiary/aromatic N) is 3. The molecule has 4 rings (SSSR count). The number of anilines is 1. The summed E-state index contributed by atoms with van der Waals surface area (Å²) in [5.41, 5.74) is 7.05. The summed E-state index contributed by atoms with van der Waals surface area (Å²) in [7, 11) is -3.99. The van der Waals surface area contributed by atoms with E-state index < -0.39 is 15.9 Å². The molecule has 0 radical (unpaired) electrons. The van der Waals surface area contributed by atoms with Gasteiger partial charge in [-0.15, -0.1) is 0 Å². The molecule has 0 saturated carbocycles. The summed E-state index contributed by atoms with van der Waals surface area (Å²) in [5.74, 6) is -0.800. The molecule has 0 aliphatic carbocycles. The van der Waals surface area contributed by atoms with Crippen LogP contribution in [0.25, 0.3) is 11.3 Å². The molecule has 3 N–H and O–H groups in total. The normalized spacial score (nSPS) is 15.9. The number of carbonyl (C=O) groups excluding carboxylic acids is 2. The second-order valence-electron chi connectivity index (χ2n) is 8.25. The average Bonchev–Trinajstić information content (AvgIpc) is 3.31. The van der Waals surface area contributed by atoms with Crippen LogP contribution in [0.2, 0.25) is 10.0 Å². The largest absolute Gasteiger partial charge is 0.365 e. The van der Waals surface area contributed by atoms with Crippen LogP contribution in [0.15, 0.2) is 66.2 Å². The van der Waals surface area contributed by atoms with Gasteiger partial charge >= 0.3 is 0 Å². The minimum atomic E-state index is -3.99. The third kappa shape index (κ3) is 5.25. The van der Waals surface area contributed by atoms with Gasteiger partial charge in [-0.25, -0.2) is 8.42 Å². The Morgan fingerprint density at radius 2 is 1.89 bits per heavy atom. The van der Waals surface area contributed by atoms with E-state index in [4.69, 9.17) is 28.9 Å². The Morgan fingerprint density at radius 1 is 1.17 bits per heavy atom. The summed E-state index contributed by atoms with van der Waals surface area (Å²) in [6.45, 7) is 4.62. The number of nitrogens with two attached hydrogens (primary N) is 1. The first-order valence-electron chi connectivity index (χ1n) is 11.0. The van der Waals surface area contributed by atoms with Crippen LogP contribution < -0.4 is 10.5 Å². The number of hydrogen-bond acceptors (Lipinski definition) is 5. The third-order valence-corrected chi connectivity index (χ3v) is 8.23. The second-order valence-corrected chi connectivity index (χ2v) is 10.7. The highest BCUT2D eigenvalue weighted by atomic mass is 35.5. The van der Waals surface area contributed by atoms with Crippen LogP contribution in [-0.4, -0.2) is 48.0 Å². The Kier molecular flexibility index (Phi) is 7.39. The van der Waals surface area contributed by atoms with E-state index >= 15 is 0 Å². The lowest BCUT2D eigenvalue weighted by Crippen LogP contribution is -2.40. The van der Waals surface area contributed by atoms with Crippen molar-refractivity contribution in [2.75, 3.05) is 17.8 Å². The Balaban J connectivity index is 1.59. The Bertz CT molecular complexity index is 1440. The van der Waals surface area contributed by atoms with E-state index in [9.17, 15) is 18.0 Å². The van der Waals surface area contributed by atoms with Crippen LogP contribution in [0, 0.1) is 0 Å². The zero-order valence-electron chi connectivity index (χ0n) is 19.0. The van der Waals surface area contributed by atoms with Gasteiger partial charge in [0, 0.05) is 30.5 Å². The number of hydrogen-bond donors (Lipinski definition) is 2. The van der Waals surface area contributed by atoms with Gasteiger partial charge in [-0.3, -0.25) is 19.0 Å². The van der Waals surface area contributed by atoms with Crippen molar-refractivity contribution in [3.05, 3.63) is 76.9 Å². The number of aromatic nitrogens is 2. The number of piperidine rings is 1. The molecule has 1 atom stereocenters. The molecular formula is C24H23Cl2N5O4S. The maximum atomic E-state index is 12.8. The van der Waals surface area contributed by atoms with Crippen LogP contribution in [0.3, 0.4) is 0 Å². The number of sulfonamides is 1. The lowest BCUT2D eigenvalue weighted by atomic mass is 10.1. The molecular weight excluding hydrogens is 525 g/mol. The number of likely N-dealkylation sites (tertiary alicyclic amines) is 1. The second kappa shape index (κ2) is 10.3. The molecule has 1 aliphatic rings. The van der Waals surface area contributed by atoms with Crippen molar-refractivity contribution in [1.82, 2.24) is 14.7 Å². The van der Waals surface area contributed by atoms with Crippen LogP contribution in [0.1, 0.15) is 29.2 Å². The molecule has 36 heavy (non-hydrogen) atoms. The van der Waals surface area contributed by atoms with Crippen LogP contribution >= 0.6 is 23.2 Å². The van der Waals surface area contributed by atoms with Gasteiger partial charge in [-0.1, -0.05) is 48.0 Å². The molecule has 1 aliphatic heterocycles. The fourth-order valence-corrected chi connectivity index (χ4v) is 5.89. The summed E-state index contributed by atoms with van der Waals surface area (Å²) < 4.78 is 29.7. The molecule has 9 nitrogen and oxygen atoms in total. The number of carbonyl (C=O) groups is 2. The molecule has 12 heteroatoms. The first-order chi connectivity index (χ1) is 17.1. The summed E-state index contributed by atoms with van der Waals surface area (Å²) in [6.07, 6.45) is 4.44. The summed E-state index contributed by atoms with van der Waals surface area (Å²) >= 11 is 12.0. The van der Waals surface area contributed by atoms with E-state index in [1.165, 1.54) is 24.3 Å². The van der Waals surface area contributed by atoms with Crippen molar-refractivity contribution in [1.29, 1.82) is 0 Å². The predicted octanol–water partition coefficient (Wildman–Crippen LogP) is 4.11. The van der Waals surface area contributed by atoms with Crippen LogP contribution in [0.4, 0.5) is 5.69 Å². The van der Waals surface area contributed by atoms with Gasteiger partial charge in [-0.2, -0.15) is 5.10 Å². The Hall–Kier alpha value is -3.34. The molecule has 2 heterocycles. The molecule has 1 unspecified atom stereocenters. The van der Waals surface area contributed by atoms with Crippen molar-refractivity contribution in [3.63, 3.8) is 0 Å². The highest BCUT2D eigenvalue weighted by Gasteiger charge is 2.26. The number of halogens is 2. The minimum absolute atomic E-state index is 0.0732. The fraction of sp³-hybridized carbons (Fsp3) is 0.208. The van der Waals surface area contributed by atoms with Gasteiger partial charge in [-0.05, 0) is 43.2 Å². The molecule has 2 aromatic carbocycles. The van der Waals surface area contributed by atoms with Crippen molar-refractivity contribution < 1.29 is 18.0 Å². The Morgan fingerprint density at radius 3 is 2.56 bits per heavy atom. The van der Waals surface area contributed by atoms with Gasteiger partial charge < -0.3 is 10.6 Å². The van der Waals surface area contributed by atoms with E-state index in [1.54, 1.807) is 40.0 Å². The van der Waals surface area contributed by atoms with E-state index in [2.05, 4.69) is 16.4 Å². The van der Waals surface area contributed by atoms with Crippen molar-refractivity contribution in [2.45, 2.75) is 23.8 Å². The molecule has 0 spiro atoms.